The third kappa shape index (κ3) is 5.10. The molecule has 26 heavy (non-hydrogen) atoms. The highest BCUT2D eigenvalue weighted by molar-refractivity contribution is 7.98. The summed E-state index contributed by atoms with van der Waals surface area (Å²) in [6.45, 7) is 3.74. The summed E-state index contributed by atoms with van der Waals surface area (Å²) in [7, 11) is 0. The number of hydrogen-bond acceptors (Lipinski definition) is 6. The van der Waals surface area contributed by atoms with Crippen LogP contribution in [0, 0.1) is 6.92 Å². The number of carbonyl (C=O) groups excluding carboxylic acids is 1. The van der Waals surface area contributed by atoms with Gasteiger partial charge in [0.1, 0.15) is 5.75 Å². The van der Waals surface area contributed by atoms with Gasteiger partial charge in [0.15, 0.2) is 6.61 Å². The fourth-order valence-corrected chi connectivity index (χ4v) is 3.11. The topological polar surface area (TPSA) is 77.2 Å². The zero-order chi connectivity index (χ0) is 18.4. The van der Waals surface area contributed by atoms with Gasteiger partial charge in [-0.05, 0) is 42.3 Å². The van der Waals surface area contributed by atoms with Gasteiger partial charge in [0, 0.05) is 18.4 Å². The number of aryl methyl sites for hydroxylation is 1. The first-order chi connectivity index (χ1) is 12.6. The van der Waals surface area contributed by atoms with Crippen LogP contribution in [0.4, 0.5) is 5.69 Å². The summed E-state index contributed by atoms with van der Waals surface area (Å²) in [5.41, 5.74) is 3.20. The normalized spacial score (nSPS) is 10.5. The average Bonchev–Trinajstić information content (AvgIpc) is 3.08. The van der Waals surface area contributed by atoms with Crippen LogP contribution in [0.3, 0.4) is 0 Å². The maximum Gasteiger partial charge on any atom is 0.277 e. The molecule has 0 aliphatic rings. The standard InChI is InChI=1S/C19H19N3O3S/c1-13-5-3-4-6-15(13)12-26-19-22-21-18(25-19)11-24-17-9-7-16(8-10-17)20-14(2)23/h3-10H,11-12H2,1-2H3,(H,20,23). The maximum absolute atomic E-state index is 11.0. The number of anilines is 1. The predicted octanol–water partition coefficient (Wildman–Crippen LogP) is 4.21. The van der Waals surface area contributed by atoms with Crippen LogP contribution in [0.25, 0.3) is 0 Å². The van der Waals surface area contributed by atoms with Crippen LogP contribution in [0.1, 0.15) is 23.9 Å². The van der Waals surface area contributed by atoms with Crippen LogP contribution in [-0.4, -0.2) is 16.1 Å². The van der Waals surface area contributed by atoms with Crippen molar-refractivity contribution in [2.75, 3.05) is 5.32 Å². The number of ether oxygens (including phenoxy) is 1. The number of amides is 1. The number of thioether (sulfide) groups is 1. The van der Waals surface area contributed by atoms with Gasteiger partial charge in [-0.2, -0.15) is 0 Å². The lowest BCUT2D eigenvalue weighted by Gasteiger charge is -2.05. The highest BCUT2D eigenvalue weighted by Gasteiger charge is 2.09. The summed E-state index contributed by atoms with van der Waals surface area (Å²) < 4.78 is 11.2. The fourth-order valence-electron chi connectivity index (χ4n) is 2.25. The Morgan fingerprint density at radius 1 is 1.15 bits per heavy atom. The van der Waals surface area contributed by atoms with Crippen molar-refractivity contribution in [1.29, 1.82) is 0 Å². The van der Waals surface area contributed by atoms with Crippen molar-refractivity contribution in [3.8, 4) is 5.75 Å². The minimum Gasteiger partial charge on any atom is -0.484 e. The number of nitrogens with one attached hydrogen (secondary N) is 1. The van der Waals surface area contributed by atoms with Gasteiger partial charge < -0.3 is 14.5 Å². The molecule has 0 fully saturated rings. The van der Waals surface area contributed by atoms with Crippen molar-refractivity contribution in [1.82, 2.24) is 10.2 Å². The van der Waals surface area contributed by atoms with E-state index in [2.05, 4.69) is 34.6 Å². The lowest BCUT2D eigenvalue weighted by Crippen LogP contribution is -2.05. The molecule has 0 aliphatic heterocycles. The number of benzene rings is 2. The maximum atomic E-state index is 11.0. The van der Waals surface area contributed by atoms with Crippen LogP contribution in [0.15, 0.2) is 58.2 Å². The molecule has 0 unspecified atom stereocenters. The molecule has 3 aromatic rings. The van der Waals surface area contributed by atoms with Gasteiger partial charge in [-0.15, -0.1) is 10.2 Å². The molecule has 0 saturated carbocycles. The minimum atomic E-state index is -0.111. The predicted molar refractivity (Wildman–Crippen MR) is 100 cm³/mol. The van der Waals surface area contributed by atoms with Crippen molar-refractivity contribution < 1.29 is 13.9 Å². The number of rotatable bonds is 7. The highest BCUT2D eigenvalue weighted by Crippen LogP contribution is 2.23. The Balaban J connectivity index is 1.50. The van der Waals surface area contributed by atoms with E-state index in [4.69, 9.17) is 9.15 Å². The molecule has 3 rings (SSSR count). The van der Waals surface area contributed by atoms with Crippen LogP contribution in [0.5, 0.6) is 5.75 Å². The molecule has 0 atom stereocenters. The largest absolute Gasteiger partial charge is 0.484 e. The molecule has 0 saturated heterocycles. The highest BCUT2D eigenvalue weighted by atomic mass is 32.2. The van der Waals surface area contributed by atoms with Crippen LogP contribution >= 0.6 is 11.8 Å². The molecule has 0 bridgehead atoms. The van der Waals surface area contributed by atoms with Gasteiger partial charge >= 0.3 is 0 Å². The molecule has 1 N–H and O–H groups in total. The summed E-state index contributed by atoms with van der Waals surface area (Å²) >= 11 is 1.50. The third-order valence-corrected chi connectivity index (χ3v) is 4.46. The molecule has 134 valence electrons. The molecule has 1 aromatic heterocycles. The lowest BCUT2D eigenvalue weighted by molar-refractivity contribution is -0.114. The molecular weight excluding hydrogens is 350 g/mol. The Kier molecular flexibility index (Phi) is 5.91. The van der Waals surface area contributed by atoms with Crippen molar-refractivity contribution in [3.05, 3.63) is 65.5 Å². The summed E-state index contributed by atoms with van der Waals surface area (Å²) in [6, 6.07) is 15.3. The Labute approximate surface area is 156 Å². The monoisotopic (exact) mass is 369 g/mol. The summed E-state index contributed by atoms with van der Waals surface area (Å²) in [5, 5.41) is 11.3. The van der Waals surface area contributed by atoms with Crippen molar-refractivity contribution in [3.63, 3.8) is 0 Å². The van der Waals surface area contributed by atoms with Gasteiger partial charge in [-0.3, -0.25) is 4.79 Å². The molecule has 0 radical (unpaired) electrons. The van der Waals surface area contributed by atoms with Crippen molar-refractivity contribution >= 4 is 23.4 Å². The Morgan fingerprint density at radius 2 is 1.92 bits per heavy atom. The summed E-state index contributed by atoms with van der Waals surface area (Å²) in [4.78, 5) is 11.0. The molecule has 7 heteroatoms. The van der Waals surface area contributed by atoms with Gasteiger partial charge in [0.05, 0.1) is 0 Å². The van der Waals surface area contributed by atoms with E-state index in [1.165, 1.54) is 29.8 Å². The summed E-state index contributed by atoms with van der Waals surface area (Å²) in [5.74, 6) is 1.75. The quantitative estimate of drug-likeness (QED) is 0.629. The summed E-state index contributed by atoms with van der Waals surface area (Å²) in [6.07, 6.45) is 0. The van der Waals surface area contributed by atoms with Gasteiger partial charge in [-0.25, -0.2) is 0 Å². The van der Waals surface area contributed by atoms with Crippen LogP contribution in [0.2, 0.25) is 0 Å². The van der Waals surface area contributed by atoms with E-state index in [1.54, 1.807) is 24.3 Å². The van der Waals surface area contributed by atoms with Gasteiger partial charge in [0.25, 0.3) is 11.1 Å². The van der Waals surface area contributed by atoms with Crippen LogP contribution < -0.4 is 10.1 Å². The van der Waals surface area contributed by atoms with Crippen molar-refractivity contribution in [2.45, 2.75) is 31.4 Å². The smallest absolute Gasteiger partial charge is 0.277 e. The Bertz CT molecular complexity index is 878. The van der Waals surface area contributed by atoms with E-state index in [0.29, 0.717) is 16.9 Å². The van der Waals surface area contributed by atoms with Gasteiger partial charge in [0.2, 0.25) is 5.91 Å². The first kappa shape index (κ1) is 18.0. The molecule has 2 aromatic carbocycles. The van der Waals surface area contributed by atoms with E-state index in [9.17, 15) is 4.79 Å². The first-order valence-corrected chi connectivity index (χ1v) is 9.09. The molecule has 0 aliphatic carbocycles. The molecule has 1 heterocycles. The molecule has 1 amide bonds. The SMILES string of the molecule is CC(=O)Nc1ccc(OCc2nnc(SCc3ccccc3C)o2)cc1. The fraction of sp³-hybridized carbons (Fsp3) is 0.211. The lowest BCUT2D eigenvalue weighted by atomic mass is 10.1. The van der Waals surface area contributed by atoms with Gasteiger partial charge in [-0.1, -0.05) is 36.0 Å². The van der Waals surface area contributed by atoms with Crippen molar-refractivity contribution in [2.24, 2.45) is 0 Å². The number of carbonyl (C=O) groups is 1. The van der Waals surface area contributed by atoms with E-state index < -0.39 is 0 Å². The zero-order valence-electron chi connectivity index (χ0n) is 14.6. The third-order valence-electron chi connectivity index (χ3n) is 3.60. The zero-order valence-corrected chi connectivity index (χ0v) is 15.4. The molecular formula is C19H19N3O3S. The average molecular weight is 369 g/mol. The second kappa shape index (κ2) is 8.53. The minimum absolute atomic E-state index is 0.111. The van der Waals surface area contributed by atoms with E-state index in [0.717, 1.165) is 11.4 Å². The number of hydrogen-bond donors (Lipinski definition) is 1. The number of nitrogens with zero attached hydrogens (tertiary/aromatic N) is 2. The Hall–Kier alpha value is -2.80. The molecule has 0 spiro atoms. The second-order valence-electron chi connectivity index (χ2n) is 5.67. The van der Waals surface area contributed by atoms with E-state index >= 15 is 0 Å². The van der Waals surface area contributed by atoms with E-state index in [1.807, 2.05) is 12.1 Å². The van der Waals surface area contributed by atoms with E-state index in [-0.39, 0.29) is 12.5 Å². The second-order valence-corrected chi connectivity index (χ2v) is 6.60. The Morgan fingerprint density at radius 3 is 2.65 bits per heavy atom. The number of aromatic nitrogens is 2. The first-order valence-electron chi connectivity index (χ1n) is 8.10. The van der Waals surface area contributed by atoms with Crippen LogP contribution in [-0.2, 0) is 17.2 Å². The molecule has 6 nitrogen and oxygen atoms in total.